The molecule has 4 nitrogen and oxygen atoms in total. The molecule has 1 aliphatic carbocycles. The van der Waals surface area contributed by atoms with Gasteiger partial charge in [0.25, 0.3) is 0 Å². The number of nitrogens with zero attached hydrogens (tertiary/aromatic N) is 2. The Labute approximate surface area is 145 Å². The zero-order valence-corrected chi connectivity index (χ0v) is 15.0. The maximum atomic E-state index is 5.53. The molecule has 2 heterocycles. The molecule has 4 rings (SSSR count). The lowest BCUT2D eigenvalue weighted by Crippen LogP contribution is -2.10. The van der Waals surface area contributed by atoms with Crippen molar-refractivity contribution in [3.63, 3.8) is 0 Å². The van der Waals surface area contributed by atoms with Gasteiger partial charge in [0.2, 0.25) is 0 Å². The molecule has 0 amide bonds. The van der Waals surface area contributed by atoms with Crippen LogP contribution in [-0.2, 0) is 12.8 Å². The Morgan fingerprint density at radius 1 is 1.25 bits per heavy atom. The molecular weight excluding hydrogens is 318 g/mol. The van der Waals surface area contributed by atoms with E-state index in [1.165, 1.54) is 34.2 Å². The molecule has 0 fully saturated rings. The van der Waals surface area contributed by atoms with Crippen molar-refractivity contribution in [3.8, 4) is 5.75 Å². The highest BCUT2D eigenvalue weighted by molar-refractivity contribution is 7.19. The zero-order valence-electron chi connectivity index (χ0n) is 14.2. The molecule has 0 spiro atoms. The third-order valence-electron chi connectivity index (χ3n) is 4.71. The van der Waals surface area contributed by atoms with Crippen molar-refractivity contribution in [1.29, 1.82) is 0 Å². The van der Waals surface area contributed by atoms with E-state index in [1.54, 1.807) is 13.4 Å². The minimum Gasteiger partial charge on any atom is -0.496 e. The van der Waals surface area contributed by atoms with Crippen LogP contribution in [0.1, 0.15) is 41.0 Å². The van der Waals surface area contributed by atoms with Crippen LogP contribution in [0.5, 0.6) is 5.75 Å². The number of nitrogens with one attached hydrogen (secondary N) is 1. The first-order valence-electron chi connectivity index (χ1n) is 8.33. The van der Waals surface area contributed by atoms with E-state index in [2.05, 4.69) is 41.3 Å². The fourth-order valence-corrected chi connectivity index (χ4v) is 4.74. The molecule has 2 aromatic heterocycles. The second-order valence-electron chi connectivity index (χ2n) is 6.37. The van der Waals surface area contributed by atoms with Gasteiger partial charge in [-0.2, -0.15) is 0 Å². The molecule has 124 valence electrons. The molecule has 3 aromatic rings. The van der Waals surface area contributed by atoms with E-state index >= 15 is 0 Å². The third kappa shape index (κ3) is 2.53. The van der Waals surface area contributed by atoms with E-state index in [1.807, 2.05) is 17.4 Å². The van der Waals surface area contributed by atoms with E-state index in [0.717, 1.165) is 28.4 Å². The minimum absolute atomic E-state index is 0.106. The average Bonchev–Trinajstić information content (AvgIpc) is 3.15. The first-order valence-corrected chi connectivity index (χ1v) is 9.15. The van der Waals surface area contributed by atoms with Crippen molar-refractivity contribution in [1.82, 2.24) is 9.97 Å². The number of hydrogen-bond donors (Lipinski definition) is 1. The van der Waals surface area contributed by atoms with Crippen molar-refractivity contribution in [2.75, 3.05) is 12.4 Å². The Bertz CT molecular complexity index is 903. The van der Waals surface area contributed by atoms with Crippen LogP contribution in [-0.4, -0.2) is 17.1 Å². The molecule has 24 heavy (non-hydrogen) atoms. The highest BCUT2D eigenvalue weighted by Gasteiger charge is 2.22. The molecule has 0 saturated heterocycles. The largest absolute Gasteiger partial charge is 0.496 e. The van der Waals surface area contributed by atoms with Crippen LogP contribution >= 0.6 is 11.3 Å². The summed E-state index contributed by atoms with van der Waals surface area (Å²) >= 11 is 1.82. The van der Waals surface area contributed by atoms with Crippen molar-refractivity contribution in [2.24, 2.45) is 0 Å². The van der Waals surface area contributed by atoms with E-state index < -0.39 is 0 Å². The number of rotatable bonds is 4. The molecule has 0 unspecified atom stereocenters. The van der Waals surface area contributed by atoms with Gasteiger partial charge in [-0.1, -0.05) is 17.7 Å². The molecule has 1 aliphatic rings. The summed E-state index contributed by atoms with van der Waals surface area (Å²) in [6.45, 7) is 4.25. The van der Waals surface area contributed by atoms with Gasteiger partial charge in [0.05, 0.1) is 18.5 Å². The fraction of sp³-hybridized carbons (Fsp3) is 0.368. The van der Waals surface area contributed by atoms with Crippen molar-refractivity contribution < 1.29 is 4.74 Å². The summed E-state index contributed by atoms with van der Waals surface area (Å²) in [7, 11) is 1.72. The summed E-state index contributed by atoms with van der Waals surface area (Å²) in [4.78, 5) is 11.6. The number of ether oxygens (including phenoxy) is 1. The number of thiophene rings is 1. The highest BCUT2D eigenvalue weighted by Crippen LogP contribution is 2.40. The van der Waals surface area contributed by atoms with Gasteiger partial charge in [-0.15, -0.1) is 11.3 Å². The summed E-state index contributed by atoms with van der Waals surface area (Å²) in [5, 5.41) is 4.81. The van der Waals surface area contributed by atoms with Gasteiger partial charge in [-0.05, 0) is 44.7 Å². The number of methoxy groups -OCH3 is 1. The summed E-state index contributed by atoms with van der Waals surface area (Å²) < 4.78 is 5.53. The van der Waals surface area contributed by atoms with Crippen LogP contribution in [0, 0.1) is 6.92 Å². The summed E-state index contributed by atoms with van der Waals surface area (Å²) in [5.41, 5.74) is 3.82. The van der Waals surface area contributed by atoms with Crippen LogP contribution in [0.3, 0.4) is 0 Å². The quantitative estimate of drug-likeness (QED) is 0.750. The Balaban J connectivity index is 1.73. The maximum absolute atomic E-state index is 5.53. The van der Waals surface area contributed by atoms with Gasteiger partial charge in [0.15, 0.2) is 0 Å². The van der Waals surface area contributed by atoms with Gasteiger partial charge in [-0.3, -0.25) is 0 Å². The first kappa shape index (κ1) is 15.4. The molecule has 0 bridgehead atoms. The second-order valence-corrected chi connectivity index (χ2v) is 7.45. The lowest BCUT2D eigenvalue weighted by molar-refractivity contribution is 0.408. The van der Waals surface area contributed by atoms with Gasteiger partial charge >= 0.3 is 0 Å². The lowest BCUT2D eigenvalue weighted by Gasteiger charge is -2.19. The Morgan fingerprint density at radius 2 is 2.12 bits per heavy atom. The predicted molar refractivity (Wildman–Crippen MR) is 99.2 cm³/mol. The smallest absolute Gasteiger partial charge is 0.138 e. The molecule has 0 radical (unpaired) electrons. The number of benzene rings is 1. The topological polar surface area (TPSA) is 47.0 Å². The Morgan fingerprint density at radius 3 is 2.96 bits per heavy atom. The molecule has 0 aliphatic heterocycles. The van der Waals surface area contributed by atoms with Gasteiger partial charge in [0.1, 0.15) is 22.7 Å². The number of aromatic nitrogens is 2. The van der Waals surface area contributed by atoms with E-state index in [0.29, 0.717) is 0 Å². The van der Waals surface area contributed by atoms with Crippen molar-refractivity contribution in [3.05, 3.63) is 46.1 Å². The number of anilines is 1. The van der Waals surface area contributed by atoms with Crippen LogP contribution in [0.15, 0.2) is 24.5 Å². The zero-order chi connectivity index (χ0) is 16.7. The average molecular weight is 339 g/mol. The number of aryl methyl sites for hydroxylation is 3. The molecule has 0 saturated carbocycles. The first-order chi connectivity index (χ1) is 11.7. The predicted octanol–water partition coefficient (Wildman–Crippen LogP) is 4.67. The van der Waals surface area contributed by atoms with E-state index in [-0.39, 0.29) is 6.04 Å². The third-order valence-corrected chi connectivity index (χ3v) is 5.91. The molecule has 1 N–H and O–H groups in total. The highest BCUT2D eigenvalue weighted by atomic mass is 32.1. The molecular formula is C19H21N3OS. The Kier molecular flexibility index (Phi) is 3.88. The normalized spacial score (nSPS) is 14.6. The summed E-state index contributed by atoms with van der Waals surface area (Å²) in [5.74, 6) is 1.84. The van der Waals surface area contributed by atoms with Crippen molar-refractivity contribution >= 4 is 27.4 Å². The second kappa shape index (κ2) is 6.06. The van der Waals surface area contributed by atoms with Gasteiger partial charge in [0, 0.05) is 10.4 Å². The molecule has 5 heteroatoms. The van der Waals surface area contributed by atoms with Crippen LogP contribution in [0.4, 0.5) is 5.82 Å². The standard InChI is InChI=1S/C19H21N3OS/c1-11-7-8-15(23-3)14(9-11)12(2)22-18-17-13-5-4-6-16(13)24-19(17)21-10-20-18/h7-10,12H,4-6H2,1-3H3,(H,20,21,22)/t12-/m0/s1. The van der Waals surface area contributed by atoms with Crippen LogP contribution in [0.25, 0.3) is 10.2 Å². The SMILES string of the molecule is COc1ccc(C)cc1[C@H](C)Nc1ncnc2sc3c(c12)CCC3. The van der Waals surface area contributed by atoms with Crippen LogP contribution < -0.4 is 10.1 Å². The fourth-order valence-electron chi connectivity index (χ4n) is 3.51. The lowest BCUT2D eigenvalue weighted by atomic mass is 10.0. The minimum atomic E-state index is 0.106. The van der Waals surface area contributed by atoms with Crippen molar-refractivity contribution in [2.45, 2.75) is 39.2 Å². The number of hydrogen-bond acceptors (Lipinski definition) is 5. The van der Waals surface area contributed by atoms with E-state index in [9.17, 15) is 0 Å². The maximum Gasteiger partial charge on any atom is 0.138 e. The van der Waals surface area contributed by atoms with Gasteiger partial charge < -0.3 is 10.1 Å². The molecule has 1 aromatic carbocycles. The number of fused-ring (bicyclic) bond motifs is 3. The summed E-state index contributed by atoms with van der Waals surface area (Å²) in [6.07, 6.45) is 5.22. The Hall–Kier alpha value is -2.14. The van der Waals surface area contributed by atoms with Crippen LogP contribution in [0.2, 0.25) is 0 Å². The molecule has 1 atom stereocenters. The monoisotopic (exact) mass is 339 g/mol. The van der Waals surface area contributed by atoms with Gasteiger partial charge in [-0.25, -0.2) is 9.97 Å². The summed E-state index contributed by atoms with van der Waals surface area (Å²) in [6, 6.07) is 6.38. The van der Waals surface area contributed by atoms with E-state index in [4.69, 9.17) is 4.74 Å².